The Morgan fingerprint density at radius 1 is 1.23 bits per heavy atom. The Kier molecular flexibility index (Phi) is 8.42. The van der Waals surface area contributed by atoms with Gasteiger partial charge in [-0.1, -0.05) is 0 Å². The van der Waals surface area contributed by atoms with Crippen LogP contribution < -0.4 is 5.73 Å². The summed E-state index contributed by atoms with van der Waals surface area (Å²) in [4.78, 5) is 10.2. The lowest BCUT2D eigenvalue weighted by Gasteiger charge is -1.92. The van der Waals surface area contributed by atoms with E-state index in [1.807, 2.05) is 0 Å². The summed E-state index contributed by atoms with van der Waals surface area (Å²) in [5.41, 5.74) is 4.68. The van der Waals surface area contributed by atoms with Crippen molar-refractivity contribution in [2.75, 3.05) is 7.05 Å². The van der Waals surface area contributed by atoms with Gasteiger partial charge in [0.25, 0.3) is 0 Å². The number of phenols is 1. The largest absolute Gasteiger partial charge is 0.508 e. The van der Waals surface area contributed by atoms with Gasteiger partial charge in [-0.3, -0.25) is 0 Å². The molecule has 0 aliphatic carbocycles. The van der Waals surface area contributed by atoms with Crippen molar-refractivity contribution >= 4 is 23.0 Å². The molecule has 0 bridgehead atoms. The van der Waals surface area contributed by atoms with Crippen LogP contribution in [-0.2, 0) is 0 Å². The van der Waals surface area contributed by atoms with Crippen molar-refractivity contribution in [3.05, 3.63) is 29.8 Å². The molecule has 0 amide bonds. The summed E-state index contributed by atoms with van der Waals surface area (Å²) in [7, 11) is 1.50. The van der Waals surface area contributed by atoms with Crippen LogP contribution in [0.15, 0.2) is 24.3 Å². The normalized spacial score (nSPS) is 7.54. The molecule has 0 heterocycles. The van der Waals surface area contributed by atoms with Crippen LogP contribution in [0.5, 0.6) is 5.75 Å². The highest BCUT2D eigenvalue weighted by Gasteiger charge is 1.99. The predicted molar refractivity (Wildman–Crippen MR) is 55.5 cm³/mol. The predicted octanol–water partition coefficient (Wildman–Crippen LogP) is 1.24. The number of rotatable bonds is 1. The number of carbonyl (C=O) groups is 1. The second-order valence-corrected chi connectivity index (χ2v) is 1.85. The van der Waals surface area contributed by atoms with Gasteiger partial charge in [0.15, 0.2) is 0 Å². The molecule has 0 fully saturated rings. The monoisotopic (exact) mass is 249 g/mol. The maximum atomic E-state index is 10.2. The van der Waals surface area contributed by atoms with Crippen LogP contribution in [0.4, 0.5) is 0 Å². The molecule has 1 rings (SSSR count). The SMILES string of the molecule is Br.CN.O=C(O)c1ccc(O)cc1. The molecule has 0 radical (unpaired) electrons. The molecule has 4 N–H and O–H groups in total. The summed E-state index contributed by atoms with van der Waals surface area (Å²) in [5.74, 6) is -0.912. The standard InChI is InChI=1S/C7H6O3.CH5N.BrH/c8-6-3-1-5(2-4-6)7(9)10;1-2;/h1-4,8H,(H,9,10);2H2,1H3;1H. The second-order valence-electron chi connectivity index (χ2n) is 1.85. The summed E-state index contributed by atoms with van der Waals surface area (Å²) >= 11 is 0. The van der Waals surface area contributed by atoms with Gasteiger partial charge in [-0.05, 0) is 31.3 Å². The highest BCUT2D eigenvalue weighted by Crippen LogP contribution is 2.08. The quantitative estimate of drug-likeness (QED) is 0.700. The number of aromatic hydroxyl groups is 1. The van der Waals surface area contributed by atoms with Crippen molar-refractivity contribution < 1.29 is 15.0 Å². The first-order valence-electron chi connectivity index (χ1n) is 3.30. The van der Waals surface area contributed by atoms with Crippen LogP contribution in [0.1, 0.15) is 10.4 Å². The third kappa shape index (κ3) is 5.21. The van der Waals surface area contributed by atoms with Crippen molar-refractivity contribution in [3.63, 3.8) is 0 Å². The average Bonchev–Trinajstić information content (AvgIpc) is 2.09. The number of carboxylic acids is 1. The molecule has 0 aliphatic rings. The van der Waals surface area contributed by atoms with E-state index in [-0.39, 0.29) is 28.3 Å². The molecule has 0 aliphatic heterocycles. The number of benzene rings is 1. The molecule has 0 unspecified atom stereocenters. The summed E-state index contributed by atoms with van der Waals surface area (Å²) < 4.78 is 0. The first-order valence-corrected chi connectivity index (χ1v) is 3.30. The van der Waals surface area contributed by atoms with E-state index in [4.69, 9.17) is 10.2 Å². The second kappa shape index (κ2) is 7.57. The molecule has 5 heteroatoms. The molecule has 0 aromatic heterocycles. The summed E-state index contributed by atoms with van der Waals surface area (Å²) in [6.45, 7) is 0. The maximum absolute atomic E-state index is 10.2. The fourth-order valence-corrected chi connectivity index (χ4v) is 0.604. The Bertz CT molecular complexity index is 248. The number of halogens is 1. The Hall–Kier alpha value is -1.07. The molecule has 0 saturated carbocycles. The average molecular weight is 250 g/mol. The summed E-state index contributed by atoms with van der Waals surface area (Å²) in [6, 6.07) is 5.36. The number of aromatic carboxylic acids is 1. The van der Waals surface area contributed by atoms with Crippen molar-refractivity contribution in [2.45, 2.75) is 0 Å². The summed E-state index contributed by atoms with van der Waals surface area (Å²) in [5, 5.41) is 17.1. The van der Waals surface area contributed by atoms with E-state index >= 15 is 0 Å². The lowest BCUT2D eigenvalue weighted by atomic mass is 10.2. The van der Waals surface area contributed by atoms with Gasteiger partial charge in [-0.2, -0.15) is 0 Å². The highest BCUT2D eigenvalue weighted by molar-refractivity contribution is 8.93. The molecule has 0 atom stereocenters. The summed E-state index contributed by atoms with van der Waals surface area (Å²) in [6.07, 6.45) is 0. The van der Waals surface area contributed by atoms with Gasteiger partial charge in [-0.25, -0.2) is 4.79 Å². The number of hydrogen-bond donors (Lipinski definition) is 3. The molecule has 1 aromatic rings. The number of nitrogens with two attached hydrogens (primary N) is 1. The van der Waals surface area contributed by atoms with Gasteiger partial charge in [-0.15, -0.1) is 17.0 Å². The molecule has 4 nitrogen and oxygen atoms in total. The Morgan fingerprint density at radius 3 is 1.92 bits per heavy atom. The third-order valence-corrected chi connectivity index (χ3v) is 1.11. The van der Waals surface area contributed by atoms with E-state index in [1.54, 1.807) is 0 Å². The third-order valence-electron chi connectivity index (χ3n) is 1.11. The van der Waals surface area contributed by atoms with E-state index in [0.29, 0.717) is 0 Å². The van der Waals surface area contributed by atoms with E-state index in [0.717, 1.165) is 0 Å². The van der Waals surface area contributed by atoms with Gasteiger partial charge in [0.1, 0.15) is 5.75 Å². The maximum Gasteiger partial charge on any atom is 0.335 e. The van der Waals surface area contributed by atoms with Gasteiger partial charge < -0.3 is 15.9 Å². The first-order chi connectivity index (χ1) is 5.70. The van der Waals surface area contributed by atoms with Gasteiger partial charge in [0.05, 0.1) is 5.56 Å². The van der Waals surface area contributed by atoms with Crippen molar-refractivity contribution in [1.29, 1.82) is 0 Å². The van der Waals surface area contributed by atoms with E-state index in [1.165, 1.54) is 31.3 Å². The fourth-order valence-electron chi connectivity index (χ4n) is 0.604. The van der Waals surface area contributed by atoms with Crippen LogP contribution in [0.2, 0.25) is 0 Å². The van der Waals surface area contributed by atoms with Gasteiger partial charge in [0, 0.05) is 0 Å². The number of carboxylic acid groups (broad SMARTS) is 1. The zero-order chi connectivity index (χ0) is 9.56. The molecule has 74 valence electrons. The highest BCUT2D eigenvalue weighted by atomic mass is 79.9. The Balaban J connectivity index is 0. The van der Waals surface area contributed by atoms with Crippen molar-refractivity contribution in [3.8, 4) is 5.75 Å². The van der Waals surface area contributed by atoms with Gasteiger partial charge in [0.2, 0.25) is 0 Å². The topological polar surface area (TPSA) is 83.6 Å². The van der Waals surface area contributed by atoms with E-state index in [2.05, 4.69) is 5.73 Å². The number of phenolic OH excluding ortho intramolecular Hbond substituents is 1. The van der Waals surface area contributed by atoms with Crippen molar-refractivity contribution in [2.24, 2.45) is 5.73 Å². The Morgan fingerprint density at radius 2 is 1.62 bits per heavy atom. The molecular formula is C8H12BrNO3. The zero-order valence-electron chi connectivity index (χ0n) is 7.10. The lowest BCUT2D eigenvalue weighted by Crippen LogP contribution is -1.93. The lowest BCUT2D eigenvalue weighted by molar-refractivity contribution is 0.0697. The molecule has 13 heavy (non-hydrogen) atoms. The van der Waals surface area contributed by atoms with E-state index < -0.39 is 5.97 Å². The molecular weight excluding hydrogens is 238 g/mol. The molecule has 0 saturated heterocycles. The van der Waals surface area contributed by atoms with Crippen LogP contribution in [0.3, 0.4) is 0 Å². The van der Waals surface area contributed by atoms with Crippen LogP contribution in [0.25, 0.3) is 0 Å². The molecule has 1 aromatic carbocycles. The minimum atomic E-state index is -0.986. The fraction of sp³-hybridized carbons (Fsp3) is 0.125. The Labute approximate surface area is 86.8 Å². The van der Waals surface area contributed by atoms with Crippen LogP contribution >= 0.6 is 17.0 Å². The molecule has 0 spiro atoms. The van der Waals surface area contributed by atoms with Crippen molar-refractivity contribution in [1.82, 2.24) is 0 Å². The number of hydrogen-bond acceptors (Lipinski definition) is 3. The minimum absolute atomic E-state index is 0. The van der Waals surface area contributed by atoms with E-state index in [9.17, 15) is 4.79 Å². The zero-order valence-corrected chi connectivity index (χ0v) is 8.81. The smallest absolute Gasteiger partial charge is 0.335 e. The van der Waals surface area contributed by atoms with Crippen LogP contribution in [-0.4, -0.2) is 23.2 Å². The first kappa shape index (κ1) is 14.5. The minimum Gasteiger partial charge on any atom is -0.508 e. The van der Waals surface area contributed by atoms with Gasteiger partial charge >= 0.3 is 5.97 Å². The van der Waals surface area contributed by atoms with Crippen LogP contribution in [0, 0.1) is 0 Å².